The van der Waals surface area contributed by atoms with E-state index in [4.69, 9.17) is 9.47 Å². The zero-order valence-electron chi connectivity index (χ0n) is 23.4. The van der Waals surface area contributed by atoms with Gasteiger partial charge in [0.1, 0.15) is 0 Å². The number of hydrogen-bond donors (Lipinski definition) is 0. The Morgan fingerprint density at radius 3 is 1.03 bits per heavy atom. The molecule has 4 heteroatoms. The van der Waals surface area contributed by atoms with E-state index in [1.165, 1.54) is 89.9 Å². The van der Waals surface area contributed by atoms with E-state index in [1.807, 2.05) is 13.8 Å². The standard InChI is InChI=1S/C30H58O4/c1-5-9-11-12-13-14-15-16-17-18-19-20-21-22-23-25-27-34-29(32)30(7-3,8-4)28(31)33-26-24-10-6-2/h5-27H2,1-4H3. The van der Waals surface area contributed by atoms with E-state index in [0.29, 0.717) is 26.1 Å². The molecule has 202 valence electrons. The quantitative estimate of drug-likeness (QED) is 0.0738. The van der Waals surface area contributed by atoms with Gasteiger partial charge >= 0.3 is 11.9 Å². The molecule has 0 aliphatic heterocycles. The highest BCUT2D eigenvalue weighted by Crippen LogP contribution is 2.30. The van der Waals surface area contributed by atoms with Crippen molar-refractivity contribution in [3.63, 3.8) is 0 Å². The van der Waals surface area contributed by atoms with E-state index in [0.717, 1.165) is 32.1 Å². The molecule has 0 saturated carbocycles. The maximum Gasteiger partial charge on any atom is 0.323 e. The Bertz CT molecular complexity index is 470. The Hall–Kier alpha value is -1.06. The lowest BCUT2D eigenvalue weighted by molar-refractivity contribution is -0.173. The van der Waals surface area contributed by atoms with Crippen molar-refractivity contribution in [2.75, 3.05) is 13.2 Å². The third kappa shape index (κ3) is 15.8. The zero-order chi connectivity index (χ0) is 25.3. The Morgan fingerprint density at radius 2 is 0.706 bits per heavy atom. The highest BCUT2D eigenvalue weighted by Gasteiger charge is 2.45. The molecule has 0 aliphatic rings. The summed E-state index contributed by atoms with van der Waals surface area (Å²) in [4.78, 5) is 25.3. The lowest BCUT2D eigenvalue weighted by atomic mass is 9.82. The van der Waals surface area contributed by atoms with Gasteiger partial charge in [0.25, 0.3) is 0 Å². The maximum absolute atomic E-state index is 12.7. The molecule has 0 atom stereocenters. The van der Waals surface area contributed by atoms with Crippen LogP contribution in [0.4, 0.5) is 0 Å². The van der Waals surface area contributed by atoms with Crippen molar-refractivity contribution in [1.82, 2.24) is 0 Å². The van der Waals surface area contributed by atoms with Crippen LogP contribution in [-0.4, -0.2) is 25.2 Å². The van der Waals surface area contributed by atoms with Gasteiger partial charge in [-0.05, 0) is 25.7 Å². The Labute approximate surface area is 212 Å². The highest BCUT2D eigenvalue weighted by atomic mass is 16.6. The second-order valence-electron chi connectivity index (χ2n) is 10.1. The fourth-order valence-electron chi connectivity index (χ4n) is 4.52. The van der Waals surface area contributed by atoms with Gasteiger partial charge in [-0.3, -0.25) is 9.59 Å². The molecule has 0 unspecified atom stereocenters. The van der Waals surface area contributed by atoms with Crippen LogP contribution in [0.5, 0.6) is 0 Å². The van der Waals surface area contributed by atoms with E-state index >= 15 is 0 Å². The lowest BCUT2D eigenvalue weighted by Gasteiger charge is -2.27. The average Bonchev–Trinajstić information content (AvgIpc) is 2.85. The molecule has 0 aromatic carbocycles. The van der Waals surface area contributed by atoms with E-state index in [2.05, 4.69) is 13.8 Å². The number of unbranched alkanes of at least 4 members (excludes halogenated alkanes) is 17. The molecule has 0 bridgehead atoms. The number of hydrogen-bond acceptors (Lipinski definition) is 4. The summed E-state index contributed by atoms with van der Waals surface area (Å²) in [6.45, 7) is 8.92. The van der Waals surface area contributed by atoms with E-state index in [9.17, 15) is 9.59 Å². The van der Waals surface area contributed by atoms with Gasteiger partial charge in [0.15, 0.2) is 5.41 Å². The van der Waals surface area contributed by atoms with Gasteiger partial charge in [0.05, 0.1) is 13.2 Å². The predicted molar refractivity (Wildman–Crippen MR) is 144 cm³/mol. The van der Waals surface area contributed by atoms with Gasteiger partial charge in [-0.25, -0.2) is 0 Å². The summed E-state index contributed by atoms with van der Waals surface area (Å²) < 4.78 is 10.9. The minimum Gasteiger partial charge on any atom is -0.465 e. The van der Waals surface area contributed by atoms with Gasteiger partial charge in [0, 0.05) is 0 Å². The van der Waals surface area contributed by atoms with E-state index < -0.39 is 17.4 Å². The van der Waals surface area contributed by atoms with E-state index in [-0.39, 0.29) is 0 Å². The SMILES string of the molecule is CCCCCCCCCCCCCCCCCCOC(=O)C(CC)(CC)C(=O)OCCCCC. The summed E-state index contributed by atoms with van der Waals surface area (Å²) in [5, 5.41) is 0. The molecular weight excluding hydrogens is 424 g/mol. The third-order valence-electron chi connectivity index (χ3n) is 7.20. The van der Waals surface area contributed by atoms with Crippen molar-refractivity contribution in [2.45, 2.75) is 163 Å². The molecule has 4 nitrogen and oxygen atoms in total. The smallest absolute Gasteiger partial charge is 0.323 e. The number of ether oxygens (including phenoxy) is 2. The summed E-state index contributed by atoms with van der Waals surface area (Å²) in [5.41, 5.74) is -1.14. The van der Waals surface area contributed by atoms with E-state index in [1.54, 1.807) is 0 Å². The minimum atomic E-state index is -1.14. The fraction of sp³-hybridized carbons (Fsp3) is 0.933. The van der Waals surface area contributed by atoms with Crippen LogP contribution in [0.15, 0.2) is 0 Å². The van der Waals surface area contributed by atoms with Gasteiger partial charge in [-0.15, -0.1) is 0 Å². The van der Waals surface area contributed by atoms with Crippen LogP contribution in [0.3, 0.4) is 0 Å². The van der Waals surface area contributed by atoms with Gasteiger partial charge in [-0.1, -0.05) is 137 Å². The Morgan fingerprint density at radius 1 is 0.441 bits per heavy atom. The first-order chi connectivity index (χ1) is 16.6. The lowest BCUT2D eigenvalue weighted by Crippen LogP contribution is -2.41. The molecule has 0 radical (unpaired) electrons. The van der Waals surface area contributed by atoms with Crippen molar-refractivity contribution < 1.29 is 19.1 Å². The molecule has 0 amide bonds. The normalized spacial score (nSPS) is 11.5. The molecule has 0 fully saturated rings. The first-order valence-electron chi connectivity index (χ1n) is 14.9. The molecule has 0 aromatic rings. The number of esters is 2. The second kappa shape index (κ2) is 23.7. The summed E-state index contributed by atoms with van der Waals surface area (Å²) in [5.74, 6) is -0.815. The highest BCUT2D eigenvalue weighted by molar-refractivity contribution is 5.99. The topological polar surface area (TPSA) is 52.6 Å². The molecule has 0 N–H and O–H groups in total. The second-order valence-corrected chi connectivity index (χ2v) is 10.1. The van der Waals surface area contributed by atoms with Crippen LogP contribution >= 0.6 is 0 Å². The fourth-order valence-corrected chi connectivity index (χ4v) is 4.52. The Balaban J connectivity index is 3.72. The van der Waals surface area contributed by atoms with Gasteiger partial charge in [-0.2, -0.15) is 0 Å². The first-order valence-corrected chi connectivity index (χ1v) is 14.9. The van der Waals surface area contributed by atoms with Crippen molar-refractivity contribution in [1.29, 1.82) is 0 Å². The van der Waals surface area contributed by atoms with Crippen LogP contribution in [0.2, 0.25) is 0 Å². The van der Waals surface area contributed by atoms with Crippen LogP contribution < -0.4 is 0 Å². The number of rotatable bonds is 25. The zero-order valence-corrected chi connectivity index (χ0v) is 23.4. The Kier molecular flexibility index (Phi) is 22.9. The molecule has 0 heterocycles. The molecule has 0 rings (SSSR count). The molecular formula is C30H58O4. The molecule has 0 aliphatic carbocycles. The van der Waals surface area contributed by atoms with Crippen LogP contribution in [0, 0.1) is 5.41 Å². The van der Waals surface area contributed by atoms with Crippen molar-refractivity contribution in [2.24, 2.45) is 5.41 Å². The molecule has 34 heavy (non-hydrogen) atoms. The maximum atomic E-state index is 12.7. The summed E-state index contributed by atoms with van der Waals surface area (Å²) in [6.07, 6.45) is 24.9. The van der Waals surface area contributed by atoms with Crippen molar-refractivity contribution >= 4 is 11.9 Å². The summed E-state index contributed by atoms with van der Waals surface area (Å²) in [7, 11) is 0. The average molecular weight is 483 g/mol. The van der Waals surface area contributed by atoms with Gasteiger partial charge < -0.3 is 9.47 Å². The third-order valence-corrected chi connectivity index (χ3v) is 7.20. The van der Waals surface area contributed by atoms with Crippen LogP contribution in [0.1, 0.15) is 163 Å². The van der Waals surface area contributed by atoms with Crippen LogP contribution in [-0.2, 0) is 19.1 Å². The largest absolute Gasteiger partial charge is 0.465 e. The predicted octanol–water partition coefficient (Wildman–Crippen LogP) is 9.33. The molecule has 0 spiro atoms. The number of carbonyl (C=O) groups excluding carboxylic acids is 2. The van der Waals surface area contributed by atoms with Gasteiger partial charge in [0.2, 0.25) is 0 Å². The summed E-state index contributed by atoms with van der Waals surface area (Å²) >= 11 is 0. The molecule has 0 aromatic heterocycles. The van der Waals surface area contributed by atoms with Crippen LogP contribution in [0.25, 0.3) is 0 Å². The monoisotopic (exact) mass is 482 g/mol. The first kappa shape index (κ1) is 32.9. The summed E-state index contributed by atoms with van der Waals surface area (Å²) in [6, 6.07) is 0. The van der Waals surface area contributed by atoms with Crippen molar-refractivity contribution in [3.8, 4) is 0 Å². The molecule has 0 saturated heterocycles. The van der Waals surface area contributed by atoms with Crippen molar-refractivity contribution in [3.05, 3.63) is 0 Å². The number of carbonyl (C=O) groups is 2. The minimum absolute atomic E-state index is 0.390.